The van der Waals surface area contributed by atoms with E-state index in [4.69, 9.17) is 23.2 Å². The molecule has 0 radical (unpaired) electrons. The largest absolute Gasteiger partial charge is 0.321 e. The molecule has 0 unspecified atom stereocenters. The molecule has 0 saturated carbocycles. The van der Waals surface area contributed by atoms with Gasteiger partial charge in [-0.05, 0) is 43.0 Å². The zero-order valence-corrected chi connectivity index (χ0v) is 20.0. The van der Waals surface area contributed by atoms with Crippen molar-refractivity contribution < 1.29 is 8.78 Å². The Balaban J connectivity index is 0.000000512. The molecule has 0 atom stereocenters. The van der Waals surface area contributed by atoms with Crippen molar-refractivity contribution in [1.29, 1.82) is 0 Å². The summed E-state index contributed by atoms with van der Waals surface area (Å²) in [5, 5.41) is 3.24. The molecule has 170 valence electrons. The summed E-state index contributed by atoms with van der Waals surface area (Å²) in [4.78, 5) is 4.50. The first-order valence-corrected chi connectivity index (χ1v) is 11.2. The van der Waals surface area contributed by atoms with Gasteiger partial charge in [0, 0.05) is 19.8 Å². The van der Waals surface area contributed by atoms with Gasteiger partial charge in [0.25, 0.3) is 6.43 Å². The number of allylic oxidation sites excluding steroid dienone is 1. The highest BCUT2D eigenvalue weighted by Gasteiger charge is 2.16. The second kappa shape index (κ2) is 14.3. The fraction of sp³-hybridized carbons (Fsp3) is 0.286. The molecule has 0 aliphatic carbocycles. The van der Waals surface area contributed by atoms with Crippen LogP contribution in [0.15, 0.2) is 55.4 Å². The van der Waals surface area contributed by atoms with Crippen LogP contribution in [0.4, 0.5) is 14.5 Å². The van der Waals surface area contributed by atoms with Gasteiger partial charge in [-0.15, -0.1) is 0 Å². The number of nitrogens with zero attached hydrogens (tertiary/aromatic N) is 3. The first-order valence-electron chi connectivity index (χ1n) is 9.28. The molecule has 0 aliphatic rings. The molecule has 2 N–H and O–H groups in total. The first-order chi connectivity index (χ1) is 14.8. The Hall–Kier alpha value is -1.84. The van der Waals surface area contributed by atoms with E-state index in [0.717, 1.165) is 23.5 Å². The van der Waals surface area contributed by atoms with Crippen molar-refractivity contribution in [2.24, 2.45) is 0 Å². The summed E-state index contributed by atoms with van der Waals surface area (Å²) in [5.41, 5.74) is 7.11. The fourth-order valence-corrected chi connectivity index (χ4v) is 3.26. The summed E-state index contributed by atoms with van der Waals surface area (Å²) in [6.45, 7) is 10.4. The Labute approximate surface area is 197 Å². The quantitative estimate of drug-likeness (QED) is 0.313. The van der Waals surface area contributed by atoms with E-state index in [9.17, 15) is 8.78 Å². The Kier molecular flexibility index (Phi) is 12.5. The molecule has 31 heavy (non-hydrogen) atoms. The molecule has 0 bridgehead atoms. The van der Waals surface area contributed by atoms with Gasteiger partial charge in [-0.2, -0.15) is 4.41 Å². The van der Waals surface area contributed by atoms with E-state index in [1.807, 2.05) is 42.8 Å². The summed E-state index contributed by atoms with van der Waals surface area (Å²) in [6.07, 6.45) is 3.16. The van der Waals surface area contributed by atoms with Crippen LogP contribution >= 0.6 is 35.1 Å². The molecule has 0 amide bonds. The molecule has 2 rings (SSSR count). The molecule has 10 heteroatoms. The average Bonchev–Trinajstić information content (AvgIpc) is 2.77. The minimum absolute atomic E-state index is 0.312. The van der Waals surface area contributed by atoms with Crippen LogP contribution in [0.3, 0.4) is 0 Å². The third-order valence-electron chi connectivity index (χ3n) is 3.90. The monoisotopic (exact) mass is 489 g/mol. The topological polar surface area (TPSA) is 43.4 Å². The first kappa shape index (κ1) is 27.2. The van der Waals surface area contributed by atoms with Crippen LogP contribution in [-0.4, -0.2) is 35.7 Å². The summed E-state index contributed by atoms with van der Waals surface area (Å²) >= 11 is 13.9. The van der Waals surface area contributed by atoms with Crippen LogP contribution in [0, 0.1) is 0 Å². The minimum atomic E-state index is -2.50. The number of hydrogen-bond acceptors (Lipinski definition) is 6. The van der Waals surface area contributed by atoms with Crippen LogP contribution in [0.1, 0.15) is 18.2 Å². The van der Waals surface area contributed by atoms with Crippen molar-refractivity contribution in [2.45, 2.75) is 19.9 Å². The SMILES string of the molecule is C=C(NNC)C(F)F.C=Cc1ccc(CN(c2ccc(Cl)c(Cl)c2)N(CC)SC)nc1. The lowest BCUT2D eigenvalue weighted by molar-refractivity contribution is 0.178. The number of rotatable bonds is 10. The van der Waals surface area contributed by atoms with E-state index >= 15 is 0 Å². The van der Waals surface area contributed by atoms with E-state index in [-0.39, 0.29) is 5.70 Å². The third kappa shape index (κ3) is 9.04. The number of halogens is 4. The maximum atomic E-state index is 11.4. The number of alkyl halides is 2. The molecule has 0 aliphatic heterocycles. The molecule has 1 aromatic heterocycles. The molecular weight excluding hydrogens is 463 g/mol. The van der Waals surface area contributed by atoms with Crippen molar-refractivity contribution in [1.82, 2.24) is 20.2 Å². The minimum Gasteiger partial charge on any atom is -0.321 e. The summed E-state index contributed by atoms with van der Waals surface area (Å²) in [5.74, 6) is 0. The molecule has 1 aromatic carbocycles. The van der Waals surface area contributed by atoms with Gasteiger partial charge in [0.2, 0.25) is 0 Å². The molecule has 0 spiro atoms. The fourth-order valence-electron chi connectivity index (χ4n) is 2.36. The molecule has 0 saturated heterocycles. The van der Waals surface area contributed by atoms with Gasteiger partial charge in [0.15, 0.2) is 0 Å². The zero-order valence-electron chi connectivity index (χ0n) is 17.7. The lowest BCUT2D eigenvalue weighted by Crippen LogP contribution is -2.37. The van der Waals surface area contributed by atoms with Crippen molar-refractivity contribution in [3.63, 3.8) is 0 Å². The van der Waals surface area contributed by atoms with Gasteiger partial charge in [-0.3, -0.25) is 9.99 Å². The average molecular weight is 490 g/mol. The zero-order chi connectivity index (χ0) is 23.4. The van der Waals surface area contributed by atoms with Gasteiger partial charge in [-0.25, -0.2) is 14.2 Å². The van der Waals surface area contributed by atoms with Gasteiger partial charge in [-0.1, -0.05) is 60.5 Å². The Morgan fingerprint density at radius 3 is 2.39 bits per heavy atom. The predicted molar refractivity (Wildman–Crippen MR) is 130 cm³/mol. The second-order valence-electron chi connectivity index (χ2n) is 5.99. The molecule has 0 fully saturated rings. The van der Waals surface area contributed by atoms with Crippen LogP contribution in [-0.2, 0) is 6.54 Å². The van der Waals surface area contributed by atoms with Crippen LogP contribution < -0.4 is 15.9 Å². The van der Waals surface area contributed by atoms with Crippen molar-refractivity contribution in [2.75, 3.05) is 24.9 Å². The van der Waals surface area contributed by atoms with E-state index in [0.29, 0.717) is 16.6 Å². The normalized spacial score (nSPS) is 10.5. The Morgan fingerprint density at radius 1 is 1.26 bits per heavy atom. The summed E-state index contributed by atoms with van der Waals surface area (Å²) in [7, 11) is 1.49. The Bertz CT molecular complexity index is 833. The molecular formula is C21H27Cl2F2N5S. The molecule has 2 aromatic rings. The second-order valence-corrected chi connectivity index (χ2v) is 7.60. The number of anilines is 1. The van der Waals surface area contributed by atoms with E-state index in [1.165, 1.54) is 7.05 Å². The smallest absolute Gasteiger partial charge is 0.278 e. The maximum Gasteiger partial charge on any atom is 0.278 e. The highest BCUT2D eigenvalue weighted by molar-refractivity contribution is 7.96. The number of pyridine rings is 1. The number of benzene rings is 1. The highest BCUT2D eigenvalue weighted by atomic mass is 35.5. The standard InChI is InChI=1S/C17H19Cl2N3S.C4H8F2N2/c1-4-13-6-7-14(20-11-13)12-21(22(5-2)23-3)15-8-9-16(18)17(19)10-15;1-3(4(5)6)8-7-2/h4,6-11H,1,5,12H2,2-3H3;4,7-8H,1H2,2H3. The third-order valence-corrected chi connectivity index (χ3v) is 5.51. The molecule has 5 nitrogen and oxygen atoms in total. The van der Waals surface area contributed by atoms with Gasteiger partial charge < -0.3 is 5.43 Å². The van der Waals surface area contributed by atoms with Crippen LogP contribution in [0.25, 0.3) is 6.08 Å². The van der Waals surface area contributed by atoms with Crippen molar-refractivity contribution in [3.05, 3.63) is 76.7 Å². The van der Waals surface area contributed by atoms with Crippen LogP contribution in [0.2, 0.25) is 10.0 Å². The lowest BCUT2D eigenvalue weighted by atomic mass is 10.2. The summed E-state index contributed by atoms with van der Waals surface area (Å²) in [6, 6.07) is 9.67. The molecule has 1 heterocycles. The van der Waals surface area contributed by atoms with Crippen molar-refractivity contribution in [3.8, 4) is 0 Å². The number of aromatic nitrogens is 1. The van der Waals surface area contributed by atoms with E-state index in [2.05, 4.69) is 45.3 Å². The number of hydrogen-bond donors (Lipinski definition) is 2. The number of hydrazine groups is 2. The van der Waals surface area contributed by atoms with E-state index < -0.39 is 6.43 Å². The predicted octanol–water partition coefficient (Wildman–Crippen LogP) is 6.04. The van der Waals surface area contributed by atoms with Gasteiger partial charge in [0.1, 0.15) is 0 Å². The van der Waals surface area contributed by atoms with Gasteiger partial charge >= 0.3 is 0 Å². The number of nitrogens with one attached hydrogen (secondary N) is 2. The van der Waals surface area contributed by atoms with E-state index in [1.54, 1.807) is 18.0 Å². The van der Waals surface area contributed by atoms with Gasteiger partial charge in [0.05, 0.1) is 33.7 Å². The Morgan fingerprint density at radius 2 is 1.97 bits per heavy atom. The lowest BCUT2D eigenvalue weighted by Gasteiger charge is -2.34. The highest BCUT2D eigenvalue weighted by Crippen LogP contribution is 2.30. The summed E-state index contributed by atoms with van der Waals surface area (Å²) < 4.78 is 25.0. The maximum absolute atomic E-state index is 11.4. The van der Waals surface area contributed by atoms with Crippen molar-refractivity contribution >= 4 is 46.9 Å². The van der Waals surface area contributed by atoms with Crippen LogP contribution in [0.5, 0.6) is 0 Å².